The molecule has 0 spiro atoms. The number of likely N-dealkylation sites (tertiary alicyclic amines) is 1. The second kappa shape index (κ2) is 9.00. The summed E-state index contributed by atoms with van der Waals surface area (Å²) in [6, 6.07) is 8.97. The first-order chi connectivity index (χ1) is 13.7. The molecule has 29 heavy (non-hydrogen) atoms. The average molecular weight is 427 g/mol. The van der Waals surface area contributed by atoms with Gasteiger partial charge in [0.1, 0.15) is 5.82 Å². The predicted octanol–water partition coefficient (Wildman–Crippen LogP) is 4.29. The highest BCUT2D eigenvalue weighted by atomic mass is 35.5. The number of alkyl halides is 3. The zero-order valence-corrected chi connectivity index (χ0v) is 16.7. The van der Waals surface area contributed by atoms with Gasteiger partial charge in [0.2, 0.25) is 5.91 Å². The van der Waals surface area contributed by atoms with E-state index in [1.165, 1.54) is 0 Å². The number of halogens is 4. The minimum Gasteiger partial charge on any atom is -0.357 e. The van der Waals surface area contributed by atoms with E-state index < -0.39 is 11.7 Å². The number of hydrogen-bond donors (Lipinski definition) is 1. The number of benzene rings is 1. The molecule has 1 fully saturated rings. The first kappa shape index (κ1) is 21.4. The molecule has 1 N–H and O–H groups in total. The lowest BCUT2D eigenvalue weighted by molar-refractivity contribution is -0.137. The van der Waals surface area contributed by atoms with Crippen molar-refractivity contribution in [1.29, 1.82) is 0 Å². The van der Waals surface area contributed by atoms with Gasteiger partial charge in [0.15, 0.2) is 0 Å². The van der Waals surface area contributed by atoms with E-state index in [0.717, 1.165) is 36.9 Å². The number of rotatable bonds is 5. The average Bonchev–Trinajstić information content (AvgIpc) is 2.69. The van der Waals surface area contributed by atoms with Gasteiger partial charge in [-0.1, -0.05) is 17.7 Å². The van der Waals surface area contributed by atoms with E-state index >= 15 is 0 Å². The Morgan fingerprint density at radius 3 is 2.62 bits per heavy atom. The molecule has 1 aliphatic rings. The van der Waals surface area contributed by atoms with Crippen molar-refractivity contribution in [3.63, 3.8) is 0 Å². The molecular formula is C20H22ClF3N4O. The third-order valence-electron chi connectivity index (χ3n) is 5.05. The van der Waals surface area contributed by atoms with Gasteiger partial charge in [-0.3, -0.25) is 9.69 Å². The number of hydrogen-bond acceptors (Lipinski definition) is 4. The summed E-state index contributed by atoms with van der Waals surface area (Å²) in [5.41, 5.74) is -0.883. The SMILES string of the molecule is CN(c1ccccn1)C1CCN(CC(=O)Nc2cc(C(F)(F)F)ccc2Cl)CC1. The highest BCUT2D eigenvalue weighted by molar-refractivity contribution is 6.33. The summed E-state index contributed by atoms with van der Waals surface area (Å²) in [6.07, 6.45) is -1.01. The summed E-state index contributed by atoms with van der Waals surface area (Å²) in [7, 11) is 2.00. The van der Waals surface area contributed by atoms with E-state index in [1.54, 1.807) is 6.20 Å². The fourth-order valence-corrected chi connectivity index (χ4v) is 3.57. The largest absolute Gasteiger partial charge is 0.416 e. The summed E-state index contributed by atoms with van der Waals surface area (Å²) in [5.74, 6) is 0.519. The fourth-order valence-electron chi connectivity index (χ4n) is 3.40. The van der Waals surface area contributed by atoms with Crippen LogP contribution >= 0.6 is 11.6 Å². The molecule has 156 valence electrons. The zero-order chi connectivity index (χ0) is 21.0. The standard InChI is InChI=1S/C20H22ClF3N4O/c1-27(18-4-2-3-9-25-18)15-7-10-28(11-8-15)13-19(29)26-17-12-14(20(22,23)24)5-6-16(17)21/h2-6,9,12,15H,7-8,10-11,13H2,1H3,(H,26,29). The van der Waals surface area contributed by atoms with Crippen LogP contribution in [-0.2, 0) is 11.0 Å². The second-order valence-electron chi connectivity index (χ2n) is 7.05. The molecule has 0 atom stereocenters. The smallest absolute Gasteiger partial charge is 0.357 e. The van der Waals surface area contributed by atoms with E-state index in [2.05, 4.69) is 15.2 Å². The van der Waals surface area contributed by atoms with Gasteiger partial charge in [-0.2, -0.15) is 13.2 Å². The molecule has 0 radical (unpaired) electrons. The highest BCUT2D eigenvalue weighted by Crippen LogP contribution is 2.33. The molecule has 9 heteroatoms. The molecule has 1 aromatic carbocycles. The van der Waals surface area contributed by atoms with Crippen molar-refractivity contribution in [2.45, 2.75) is 25.1 Å². The van der Waals surface area contributed by atoms with E-state index in [-0.39, 0.29) is 23.2 Å². The maximum atomic E-state index is 12.9. The molecule has 1 saturated heterocycles. The molecule has 0 bridgehead atoms. The molecule has 5 nitrogen and oxygen atoms in total. The van der Waals surface area contributed by atoms with E-state index in [0.29, 0.717) is 19.1 Å². The van der Waals surface area contributed by atoms with Crippen LogP contribution in [0, 0.1) is 0 Å². The van der Waals surface area contributed by atoms with Crippen LogP contribution in [0.5, 0.6) is 0 Å². The second-order valence-corrected chi connectivity index (χ2v) is 7.45. The van der Waals surface area contributed by atoms with Gasteiger partial charge in [0.05, 0.1) is 22.8 Å². The normalized spacial score (nSPS) is 15.9. The number of anilines is 2. The van der Waals surface area contributed by atoms with Crippen LogP contribution in [0.25, 0.3) is 0 Å². The summed E-state index contributed by atoms with van der Waals surface area (Å²) >= 11 is 5.94. The lowest BCUT2D eigenvalue weighted by Crippen LogP contribution is -2.45. The van der Waals surface area contributed by atoms with Crippen LogP contribution in [0.3, 0.4) is 0 Å². The number of amides is 1. The van der Waals surface area contributed by atoms with E-state index in [9.17, 15) is 18.0 Å². The number of carbonyl (C=O) groups is 1. The Hall–Kier alpha value is -2.32. The summed E-state index contributed by atoms with van der Waals surface area (Å²) in [5, 5.41) is 2.57. The number of nitrogens with zero attached hydrogens (tertiary/aromatic N) is 3. The Balaban J connectivity index is 1.53. The van der Waals surface area contributed by atoms with Crippen LogP contribution in [-0.4, -0.2) is 48.5 Å². The summed E-state index contributed by atoms with van der Waals surface area (Å²) in [6.45, 7) is 1.53. The molecule has 2 heterocycles. The van der Waals surface area contributed by atoms with Crippen LogP contribution in [0.15, 0.2) is 42.6 Å². The molecule has 3 rings (SSSR count). The zero-order valence-electron chi connectivity index (χ0n) is 15.9. The Kier molecular flexibility index (Phi) is 6.64. The lowest BCUT2D eigenvalue weighted by Gasteiger charge is -2.37. The molecule has 2 aromatic rings. The maximum absolute atomic E-state index is 12.9. The highest BCUT2D eigenvalue weighted by Gasteiger charge is 2.31. The Morgan fingerprint density at radius 2 is 2.00 bits per heavy atom. The van der Waals surface area contributed by atoms with Gasteiger partial charge in [0, 0.05) is 32.4 Å². The van der Waals surface area contributed by atoms with Crippen molar-refractivity contribution < 1.29 is 18.0 Å². The van der Waals surface area contributed by atoms with Gasteiger partial charge in [0.25, 0.3) is 0 Å². The fraction of sp³-hybridized carbons (Fsp3) is 0.400. The molecule has 0 aliphatic carbocycles. The number of aromatic nitrogens is 1. The number of nitrogens with one attached hydrogen (secondary N) is 1. The van der Waals surface area contributed by atoms with Gasteiger partial charge in [-0.25, -0.2) is 4.98 Å². The number of carbonyl (C=O) groups excluding carboxylic acids is 1. The predicted molar refractivity (Wildman–Crippen MR) is 107 cm³/mol. The monoisotopic (exact) mass is 426 g/mol. The van der Waals surface area contributed by atoms with Crippen molar-refractivity contribution in [2.75, 3.05) is 36.9 Å². The van der Waals surface area contributed by atoms with Crippen LogP contribution in [0.4, 0.5) is 24.7 Å². The Bertz CT molecular complexity index is 839. The first-order valence-electron chi connectivity index (χ1n) is 9.27. The number of pyridine rings is 1. The topological polar surface area (TPSA) is 48.5 Å². The minimum atomic E-state index is -4.49. The molecule has 0 saturated carbocycles. The summed E-state index contributed by atoms with van der Waals surface area (Å²) < 4.78 is 38.6. The minimum absolute atomic E-state index is 0.0312. The molecule has 0 unspecified atom stereocenters. The third-order valence-corrected chi connectivity index (χ3v) is 5.38. The quantitative estimate of drug-likeness (QED) is 0.774. The van der Waals surface area contributed by atoms with Crippen molar-refractivity contribution in [1.82, 2.24) is 9.88 Å². The van der Waals surface area contributed by atoms with Crippen molar-refractivity contribution >= 4 is 29.0 Å². The van der Waals surface area contributed by atoms with Crippen molar-refractivity contribution in [2.24, 2.45) is 0 Å². The van der Waals surface area contributed by atoms with Crippen molar-refractivity contribution in [3.05, 3.63) is 53.2 Å². The van der Waals surface area contributed by atoms with Gasteiger partial charge >= 0.3 is 6.18 Å². The summed E-state index contributed by atoms with van der Waals surface area (Å²) in [4.78, 5) is 20.8. The maximum Gasteiger partial charge on any atom is 0.416 e. The first-order valence-corrected chi connectivity index (χ1v) is 9.64. The van der Waals surface area contributed by atoms with Crippen LogP contribution < -0.4 is 10.2 Å². The molecule has 1 amide bonds. The van der Waals surface area contributed by atoms with Crippen molar-refractivity contribution in [3.8, 4) is 0 Å². The Morgan fingerprint density at radius 1 is 1.28 bits per heavy atom. The number of piperidine rings is 1. The van der Waals surface area contributed by atoms with Gasteiger partial charge < -0.3 is 10.2 Å². The van der Waals surface area contributed by atoms with E-state index in [1.807, 2.05) is 30.1 Å². The third kappa shape index (κ3) is 5.61. The lowest BCUT2D eigenvalue weighted by atomic mass is 10.0. The van der Waals surface area contributed by atoms with Gasteiger partial charge in [-0.15, -0.1) is 0 Å². The molecular weight excluding hydrogens is 405 g/mol. The molecule has 1 aliphatic heterocycles. The Labute approximate surface area is 172 Å². The van der Waals surface area contributed by atoms with E-state index in [4.69, 9.17) is 11.6 Å². The van der Waals surface area contributed by atoms with Gasteiger partial charge in [-0.05, 0) is 43.2 Å². The van der Waals surface area contributed by atoms with Crippen LogP contribution in [0.1, 0.15) is 18.4 Å². The molecule has 1 aromatic heterocycles. The van der Waals surface area contributed by atoms with Crippen LogP contribution in [0.2, 0.25) is 5.02 Å².